The Hall–Kier alpha value is -4.13. The van der Waals surface area contributed by atoms with Gasteiger partial charge in [-0.15, -0.1) is 0 Å². The summed E-state index contributed by atoms with van der Waals surface area (Å²) in [6, 6.07) is 22.6. The second-order valence-corrected chi connectivity index (χ2v) is 8.60. The lowest BCUT2D eigenvalue weighted by atomic mass is 9.98. The summed E-state index contributed by atoms with van der Waals surface area (Å²) in [6.45, 7) is 2.33. The van der Waals surface area contributed by atoms with Crippen LogP contribution < -0.4 is 10.6 Å². The van der Waals surface area contributed by atoms with Crippen LogP contribution in [-0.2, 0) is 20.9 Å². The molecule has 7 nitrogen and oxygen atoms in total. The molecular formula is C28H28N2O5. The van der Waals surface area contributed by atoms with E-state index in [0.29, 0.717) is 0 Å². The molecule has 2 amide bonds. The van der Waals surface area contributed by atoms with Crippen molar-refractivity contribution in [3.63, 3.8) is 0 Å². The molecule has 180 valence electrons. The van der Waals surface area contributed by atoms with Crippen molar-refractivity contribution >= 4 is 18.0 Å². The van der Waals surface area contributed by atoms with E-state index in [1.807, 2.05) is 67.6 Å². The first-order valence-electron chi connectivity index (χ1n) is 11.6. The molecule has 1 atom stereocenters. The molecule has 3 N–H and O–H groups in total. The van der Waals surface area contributed by atoms with Crippen LogP contribution in [0.4, 0.5) is 4.79 Å². The number of rotatable bonds is 9. The van der Waals surface area contributed by atoms with Gasteiger partial charge in [0.2, 0.25) is 5.91 Å². The summed E-state index contributed by atoms with van der Waals surface area (Å²) in [7, 11) is 0. The van der Waals surface area contributed by atoms with E-state index in [0.717, 1.165) is 33.4 Å². The number of ether oxygens (including phenoxy) is 1. The van der Waals surface area contributed by atoms with E-state index >= 15 is 0 Å². The Morgan fingerprint density at radius 2 is 1.51 bits per heavy atom. The van der Waals surface area contributed by atoms with Gasteiger partial charge in [0.15, 0.2) is 0 Å². The van der Waals surface area contributed by atoms with Gasteiger partial charge in [0, 0.05) is 18.9 Å². The Kier molecular flexibility index (Phi) is 7.45. The van der Waals surface area contributed by atoms with Crippen molar-refractivity contribution in [3.05, 3.63) is 95.1 Å². The molecule has 35 heavy (non-hydrogen) atoms. The van der Waals surface area contributed by atoms with Crippen molar-refractivity contribution in [3.8, 4) is 11.1 Å². The van der Waals surface area contributed by atoms with Crippen LogP contribution in [0.3, 0.4) is 0 Å². The SMILES string of the molecule is Cc1ccccc1CNC(=O)[C@H](CCC(=O)O)NC(=O)OCC1c2ccccc2-c2ccccc21. The maximum Gasteiger partial charge on any atom is 0.407 e. The van der Waals surface area contributed by atoms with Gasteiger partial charge in [-0.2, -0.15) is 0 Å². The van der Waals surface area contributed by atoms with Crippen LogP contribution in [0.2, 0.25) is 0 Å². The van der Waals surface area contributed by atoms with E-state index in [1.54, 1.807) is 0 Å². The standard InChI is InChI=1S/C28H28N2O5/c1-18-8-2-3-9-19(18)16-29-27(33)25(14-15-26(31)32)30-28(34)35-17-24-22-12-6-4-10-20(22)21-11-5-7-13-23(21)24/h2-13,24-25H,14-17H2,1H3,(H,29,33)(H,30,34)(H,31,32)/t25-/m0/s1. The van der Waals surface area contributed by atoms with Crippen molar-refractivity contribution in [2.24, 2.45) is 0 Å². The van der Waals surface area contributed by atoms with Crippen molar-refractivity contribution in [2.75, 3.05) is 6.61 Å². The third kappa shape index (κ3) is 5.69. The van der Waals surface area contributed by atoms with Crippen molar-refractivity contribution in [2.45, 2.75) is 38.3 Å². The number of hydrogen-bond donors (Lipinski definition) is 3. The molecule has 0 radical (unpaired) electrons. The number of alkyl carbamates (subject to hydrolysis) is 1. The lowest BCUT2D eigenvalue weighted by Gasteiger charge is -2.19. The quantitative estimate of drug-likeness (QED) is 0.429. The fraction of sp³-hybridized carbons (Fsp3) is 0.250. The highest BCUT2D eigenvalue weighted by atomic mass is 16.5. The Labute approximate surface area is 204 Å². The fourth-order valence-electron chi connectivity index (χ4n) is 4.43. The number of benzene rings is 3. The average Bonchev–Trinajstić information content (AvgIpc) is 3.18. The summed E-state index contributed by atoms with van der Waals surface area (Å²) in [6.07, 6.45) is -1.06. The van der Waals surface area contributed by atoms with E-state index < -0.39 is 24.0 Å². The Morgan fingerprint density at radius 3 is 2.14 bits per heavy atom. The first-order valence-corrected chi connectivity index (χ1v) is 11.6. The van der Waals surface area contributed by atoms with Crippen LogP contribution in [0.1, 0.15) is 41.0 Å². The molecule has 3 aromatic rings. The molecule has 0 aromatic heterocycles. The minimum Gasteiger partial charge on any atom is -0.481 e. The lowest BCUT2D eigenvalue weighted by Crippen LogP contribution is -2.47. The number of fused-ring (bicyclic) bond motifs is 3. The third-order valence-electron chi connectivity index (χ3n) is 6.31. The molecule has 0 spiro atoms. The van der Waals surface area contributed by atoms with Crippen LogP contribution in [0.25, 0.3) is 11.1 Å². The van der Waals surface area contributed by atoms with Crippen molar-refractivity contribution in [1.82, 2.24) is 10.6 Å². The van der Waals surface area contributed by atoms with Crippen LogP contribution in [0, 0.1) is 6.92 Å². The van der Waals surface area contributed by atoms with Gasteiger partial charge in [-0.1, -0.05) is 72.8 Å². The van der Waals surface area contributed by atoms with E-state index in [9.17, 15) is 14.4 Å². The minimum absolute atomic E-state index is 0.0425. The summed E-state index contributed by atoms with van der Waals surface area (Å²) in [5.41, 5.74) is 6.37. The van der Waals surface area contributed by atoms with Gasteiger partial charge in [-0.25, -0.2) is 4.79 Å². The van der Waals surface area contributed by atoms with Crippen LogP contribution >= 0.6 is 0 Å². The number of aliphatic carboxylic acids is 1. The molecular weight excluding hydrogens is 444 g/mol. The molecule has 0 aliphatic heterocycles. The Bertz CT molecular complexity index is 1190. The number of hydrogen-bond acceptors (Lipinski definition) is 4. The van der Waals surface area contributed by atoms with Crippen LogP contribution in [-0.4, -0.2) is 35.7 Å². The zero-order valence-electron chi connectivity index (χ0n) is 19.5. The number of carbonyl (C=O) groups is 3. The topological polar surface area (TPSA) is 105 Å². The normalized spacial score (nSPS) is 12.8. The Balaban J connectivity index is 1.39. The summed E-state index contributed by atoms with van der Waals surface area (Å²) in [5, 5.41) is 14.4. The second-order valence-electron chi connectivity index (χ2n) is 8.60. The molecule has 7 heteroatoms. The van der Waals surface area contributed by atoms with Gasteiger partial charge in [-0.05, 0) is 46.7 Å². The summed E-state index contributed by atoms with van der Waals surface area (Å²) in [4.78, 5) is 36.5. The second kappa shape index (κ2) is 10.9. The molecule has 0 saturated carbocycles. The van der Waals surface area contributed by atoms with Crippen LogP contribution in [0.15, 0.2) is 72.8 Å². The third-order valence-corrected chi connectivity index (χ3v) is 6.31. The van der Waals surface area contributed by atoms with Gasteiger partial charge in [-0.3, -0.25) is 9.59 Å². The van der Waals surface area contributed by atoms with E-state index in [1.165, 1.54) is 0 Å². The molecule has 4 rings (SSSR count). The predicted molar refractivity (Wildman–Crippen MR) is 132 cm³/mol. The predicted octanol–water partition coefficient (Wildman–Crippen LogP) is 4.38. The highest BCUT2D eigenvalue weighted by molar-refractivity contribution is 5.86. The van der Waals surface area contributed by atoms with Gasteiger partial charge < -0.3 is 20.5 Å². The zero-order chi connectivity index (χ0) is 24.8. The number of amides is 2. The molecule has 3 aromatic carbocycles. The largest absolute Gasteiger partial charge is 0.481 e. The van der Waals surface area contributed by atoms with E-state index in [-0.39, 0.29) is 31.9 Å². The number of carbonyl (C=O) groups excluding carboxylic acids is 2. The summed E-state index contributed by atoms with van der Waals surface area (Å²) < 4.78 is 5.53. The maximum atomic E-state index is 12.8. The molecule has 0 heterocycles. The molecule has 1 aliphatic rings. The van der Waals surface area contributed by atoms with Gasteiger partial charge >= 0.3 is 12.1 Å². The molecule has 0 fully saturated rings. The monoisotopic (exact) mass is 472 g/mol. The Morgan fingerprint density at radius 1 is 0.914 bits per heavy atom. The maximum absolute atomic E-state index is 12.8. The number of carboxylic acids is 1. The number of carboxylic acid groups (broad SMARTS) is 1. The molecule has 1 aliphatic carbocycles. The highest BCUT2D eigenvalue weighted by Gasteiger charge is 2.30. The van der Waals surface area contributed by atoms with Gasteiger partial charge in [0.05, 0.1) is 0 Å². The van der Waals surface area contributed by atoms with E-state index in [2.05, 4.69) is 22.8 Å². The summed E-state index contributed by atoms with van der Waals surface area (Å²) in [5.74, 6) is -1.61. The van der Waals surface area contributed by atoms with Crippen molar-refractivity contribution in [1.29, 1.82) is 0 Å². The average molecular weight is 473 g/mol. The van der Waals surface area contributed by atoms with Gasteiger partial charge in [0.25, 0.3) is 0 Å². The first kappa shape index (κ1) is 24.0. The number of nitrogens with one attached hydrogen (secondary N) is 2. The molecule has 0 unspecified atom stereocenters. The van der Waals surface area contributed by atoms with E-state index in [4.69, 9.17) is 9.84 Å². The number of aryl methyl sites for hydroxylation is 1. The zero-order valence-corrected chi connectivity index (χ0v) is 19.5. The van der Waals surface area contributed by atoms with Crippen molar-refractivity contribution < 1.29 is 24.2 Å². The first-order chi connectivity index (χ1) is 16.9. The lowest BCUT2D eigenvalue weighted by molar-refractivity contribution is -0.137. The smallest absolute Gasteiger partial charge is 0.407 e. The van der Waals surface area contributed by atoms with Gasteiger partial charge in [0.1, 0.15) is 12.6 Å². The summed E-state index contributed by atoms with van der Waals surface area (Å²) >= 11 is 0. The van der Waals surface area contributed by atoms with Crippen LogP contribution in [0.5, 0.6) is 0 Å². The fourth-order valence-corrected chi connectivity index (χ4v) is 4.43. The molecule has 0 saturated heterocycles. The minimum atomic E-state index is -1.05. The highest BCUT2D eigenvalue weighted by Crippen LogP contribution is 2.44. The molecule has 0 bridgehead atoms.